The zero-order valence-electron chi connectivity index (χ0n) is 14.7. The molecule has 3 amide bonds. The van der Waals surface area contributed by atoms with Gasteiger partial charge in [-0.05, 0) is 55.2 Å². The minimum Gasteiger partial charge on any atom is -0.324 e. The van der Waals surface area contributed by atoms with Crippen molar-refractivity contribution in [2.75, 3.05) is 17.3 Å². The highest BCUT2D eigenvalue weighted by Crippen LogP contribution is 2.26. The Balaban J connectivity index is 1.88. The number of anilines is 1. The van der Waals surface area contributed by atoms with Gasteiger partial charge < -0.3 is 5.32 Å². The lowest BCUT2D eigenvalue weighted by atomic mass is 10.1. The van der Waals surface area contributed by atoms with Crippen molar-refractivity contribution in [2.24, 2.45) is 0 Å². The van der Waals surface area contributed by atoms with Gasteiger partial charge in [0.2, 0.25) is 5.91 Å². The normalized spacial score (nSPS) is 14.3. The van der Waals surface area contributed by atoms with Gasteiger partial charge in [-0.3, -0.25) is 19.3 Å². The molecular weight excluding hydrogens is 348 g/mol. The Hall–Kier alpha value is -2.60. The molecule has 3 rings (SSSR count). The van der Waals surface area contributed by atoms with Crippen LogP contribution in [0.5, 0.6) is 0 Å². The second-order valence-corrected chi connectivity index (χ2v) is 7.17. The molecule has 0 bridgehead atoms. The quantitative estimate of drug-likeness (QED) is 0.794. The minimum absolute atomic E-state index is 0.348. The molecule has 0 radical (unpaired) electrons. The number of nitrogens with zero attached hydrogens (tertiary/aromatic N) is 1. The van der Waals surface area contributed by atoms with Crippen molar-refractivity contribution in [3.05, 3.63) is 65.2 Å². The van der Waals surface area contributed by atoms with E-state index in [9.17, 15) is 14.4 Å². The monoisotopic (exact) mass is 368 g/mol. The SMILES string of the molecule is CSCC[C@@H](C(=O)Nc1cccc(C)c1)N1C(=O)c2ccccc2C1=O. The molecule has 1 heterocycles. The van der Waals surface area contributed by atoms with E-state index < -0.39 is 17.9 Å². The van der Waals surface area contributed by atoms with E-state index in [4.69, 9.17) is 0 Å². The Morgan fingerprint density at radius 3 is 2.31 bits per heavy atom. The average Bonchev–Trinajstić information content (AvgIpc) is 2.87. The highest BCUT2D eigenvalue weighted by atomic mass is 32.2. The summed E-state index contributed by atoms with van der Waals surface area (Å²) in [5.41, 5.74) is 2.38. The molecule has 134 valence electrons. The summed E-state index contributed by atoms with van der Waals surface area (Å²) in [6, 6.07) is 13.3. The highest BCUT2D eigenvalue weighted by Gasteiger charge is 2.42. The number of imide groups is 1. The molecule has 0 spiro atoms. The Kier molecular flexibility index (Phi) is 5.42. The molecule has 0 saturated carbocycles. The molecule has 1 atom stereocenters. The molecule has 26 heavy (non-hydrogen) atoms. The first-order chi connectivity index (χ1) is 12.5. The van der Waals surface area contributed by atoms with Gasteiger partial charge in [0.05, 0.1) is 11.1 Å². The van der Waals surface area contributed by atoms with Crippen LogP contribution >= 0.6 is 11.8 Å². The van der Waals surface area contributed by atoms with E-state index in [2.05, 4.69) is 5.32 Å². The molecule has 0 aromatic heterocycles. The largest absolute Gasteiger partial charge is 0.324 e. The van der Waals surface area contributed by atoms with Crippen LogP contribution < -0.4 is 5.32 Å². The zero-order valence-corrected chi connectivity index (χ0v) is 15.5. The molecule has 5 nitrogen and oxygen atoms in total. The van der Waals surface area contributed by atoms with E-state index in [1.54, 1.807) is 42.1 Å². The highest BCUT2D eigenvalue weighted by molar-refractivity contribution is 7.98. The number of hydrogen-bond donors (Lipinski definition) is 1. The Labute approximate surface area is 156 Å². The molecule has 2 aromatic rings. The summed E-state index contributed by atoms with van der Waals surface area (Å²) in [4.78, 5) is 39.5. The van der Waals surface area contributed by atoms with Gasteiger partial charge in [0, 0.05) is 5.69 Å². The smallest absolute Gasteiger partial charge is 0.262 e. The topological polar surface area (TPSA) is 66.5 Å². The lowest BCUT2D eigenvalue weighted by Gasteiger charge is -2.25. The van der Waals surface area contributed by atoms with E-state index in [0.717, 1.165) is 10.5 Å². The first kappa shape index (κ1) is 18.2. The summed E-state index contributed by atoms with van der Waals surface area (Å²) in [6.45, 7) is 1.94. The fourth-order valence-corrected chi connectivity index (χ4v) is 3.51. The molecule has 0 fully saturated rings. The van der Waals surface area contributed by atoms with Gasteiger partial charge in [-0.1, -0.05) is 24.3 Å². The number of carbonyl (C=O) groups is 3. The fraction of sp³-hybridized carbons (Fsp3) is 0.250. The first-order valence-corrected chi connectivity index (χ1v) is 9.75. The van der Waals surface area contributed by atoms with Gasteiger partial charge >= 0.3 is 0 Å². The van der Waals surface area contributed by atoms with Crippen LogP contribution in [0.2, 0.25) is 0 Å². The molecule has 6 heteroatoms. The van der Waals surface area contributed by atoms with Crippen LogP contribution in [0, 0.1) is 6.92 Å². The third-order valence-electron chi connectivity index (χ3n) is 4.32. The maximum Gasteiger partial charge on any atom is 0.262 e. The summed E-state index contributed by atoms with van der Waals surface area (Å²) in [5.74, 6) is -0.495. The van der Waals surface area contributed by atoms with Crippen molar-refractivity contribution in [3.63, 3.8) is 0 Å². The maximum atomic E-state index is 12.9. The molecular formula is C20H20N2O3S. The summed E-state index contributed by atoms with van der Waals surface area (Å²) < 4.78 is 0. The summed E-state index contributed by atoms with van der Waals surface area (Å²) >= 11 is 1.57. The molecule has 0 unspecified atom stereocenters. The zero-order chi connectivity index (χ0) is 18.7. The standard InChI is InChI=1S/C20H20N2O3S/c1-13-6-5-7-14(12-13)21-18(23)17(10-11-26-2)22-19(24)15-8-3-4-9-16(15)20(22)25/h3-9,12,17H,10-11H2,1-2H3,(H,21,23)/t17-/m0/s1. The fourth-order valence-electron chi connectivity index (χ4n) is 3.05. The van der Waals surface area contributed by atoms with Gasteiger partial charge in [0.25, 0.3) is 11.8 Å². The van der Waals surface area contributed by atoms with Crippen LogP contribution in [-0.2, 0) is 4.79 Å². The number of rotatable bonds is 6. The molecule has 0 saturated heterocycles. The first-order valence-electron chi connectivity index (χ1n) is 8.36. The van der Waals surface area contributed by atoms with Crippen molar-refractivity contribution >= 4 is 35.2 Å². The van der Waals surface area contributed by atoms with E-state index >= 15 is 0 Å². The van der Waals surface area contributed by atoms with Gasteiger partial charge in [0.15, 0.2) is 0 Å². The van der Waals surface area contributed by atoms with Gasteiger partial charge in [-0.2, -0.15) is 11.8 Å². The second-order valence-electron chi connectivity index (χ2n) is 6.18. The lowest BCUT2D eigenvalue weighted by Crippen LogP contribution is -2.47. The third kappa shape index (κ3) is 3.51. The molecule has 1 aliphatic rings. The minimum atomic E-state index is -0.838. The number of carbonyl (C=O) groups excluding carboxylic acids is 3. The van der Waals surface area contributed by atoms with Crippen LogP contribution in [0.1, 0.15) is 32.7 Å². The number of amides is 3. The van der Waals surface area contributed by atoms with E-state index in [1.165, 1.54) is 0 Å². The molecule has 1 aliphatic heterocycles. The van der Waals surface area contributed by atoms with Crippen molar-refractivity contribution in [1.82, 2.24) is 4.90 Å². The summed E-state index contributed by atoms with van der Waals surface area (Å²) in [5, 5.41) is 2.84. The van der Waals surface area contributed by atoms with Crippen LogP contribution in [-0.4, -0.2) is 40.7 Å². The van der Waals surface area contributed by atoms with Crippen molar-refractivity contribution in [3.8, 4) is 0 Å². The van der Waals surface area contributed by atoms with Crippen LogP contribution in [0.25, 0.3) is 0 Å². The number of hydrogen-bond acceptors (Lipinski definition) is 4. The third-order valence-corrected chi connectivity index (χ3v) is 4.96. The van der Waals surface area contributed by atoms with Crippen molar-refractivity contribution < 1.29 is 14.4 Å². The van der Waals surface area contributed by atoms with E-state index in [0.29, 0.717) is 29.0 Å². The van der Waals surface area contributed by atoms with Crippen molar-refractivity contribution in [2.45, 2.75) is 19.4 Å². The van der Waals surface area contributed by atoms with Crippen molar-refractivity contribution in [1.29, 1.82) is 0 Å². The average molecular weight is 368 g/mol. The summed E-state index contributed by atoms with van der Waals surface area (Å²) in [7, 11) is 0. The van der Waals surface area contributed by atoms with Crippen LogP contribution in [0.15, 0.2) is 48.5 Å². The van der Waals surface area contributed by atoms with Gasteiger partial charge in [-0.25, -0.2) is 0 Å². The van der Waals surface area contributed by atoms with Gasteiger partial charge in [0.1, 0.15) is 6.04 Å². The maximum absolute atomic E-state index is 12.9. The Morgan fingerprint density at radius 2 is 1.73 bits per heavy atom. The van der Waals surface area contributed by atoms with E-state index in [1.807, 2.05) is 31.4 Å². The summed E-state index contributed by atoms with van der Waals surface area (Å²) in [6.07, 6.45) is 2.34. The number of nitrogens with one attached hydrogen (secondary N) is 1. The predicted molar refractivity (Wildman–Crippen MR) is 104 cm³/mol. The van der Waals surface area contributed by atoms with E-state index in [-0.39, 0.29) is 5.91 Å². The lowest BCUT2D eigenvalue weighted by molar-refractivity contribution is -0.120. The molecule has 2 aromatic carbocycles. The Morgan fingerprint density at radius 1 is 1.08 bits per heavy atom. The number of aryl methyl sites for hydroxylation is 1. The molecule has 1 N–H and O–H groups in total. The number of benzene rings is 2. The van der Waals surface area contributed by atoms with Crippen LogP contribution in [0.3, 0.4) is 0 Å². The number of fused-ring (bicyclic) bond motifs is 1. The second kappa shape index (κ2) is 7.74. The Bertz CT molecular complexity index is 831. The van der Waals surface area contributed by atoms with Crippen LogP contribution in [0.4, 0.5) is 5.69 Å². The molecule has 0 aliphatic carbocycles. The number of thioether (sulfide) groups is 1. The predicted octanol–water partition coefficient (Wildman–Crippen LogP) is 3.35. The van der Waals surface area contributed by atoms with Gasteiger partial charge in [-0.15, -0.1) is 0 Å².